The van der Waals surface area contributed by atoms with Crippen LogP contribution in [-0.4, -0.2) is 44.2 Å². The van der Waals surface area contributed by atoms with E-state index in [2.05, 4.69) is 24.1 Å². The number of aryl methyl sites for hydroxylation is 1. The van der Waals surface area contributed by atoms with Gasteiger partial charge >= 0.3 is 0 Å². The van der Waals surface area contributed by atoms with Crippen molar-refractivity contribution in [1.29, 1.82) is 0 Å². The molecule has 0 bridgehead atoms. The molecule has 0 aliphatic heterocycles. The van der Waals surface area contributed by atoms with Crippen molar-refractivity contribution in [3.05, 3.63) is 47.4 Å². The minimum atomic E-state index is 0.00690. The van der Waals surface area contributed by atoms with E-state index in [0.29, 0.717) is 31.1 Å². The van der Waals surface area contributed by atoms with Gasteiger partial charge in [-0.15, -0.1) is 0 Å². The molecule has 148 valence electrons. The van der Waals surface area contributed by atoms with E-state index in [1.807, 2.05) is 37.3 Å². The van der Waals surface area contributed by atoms with E-state index in [1.165, 1.54) is 0 Å². The molecule has 0 fully saturated rings. The van der Waals surface area contributed by atoms with Crippen LogP contribution < -0.4 is 14.8 Å². The number of amides is 1. The van der Waals surface area contributed by atoms with Gasteiger partial charge in [-0.1, -0.05) is 6.07 Å². The number of benzene rings is 1. The molecule has 6 nitrogen and oxygen atoms in total. The Morgan fingerprint density at radius 2 is 1.89 bits per heavy atom. The van der Waals surface area contributed by atoms with Gasteiger partial charge in [0.25, 0.3) is 0 Å². The number of hydrogen-bond donors (Lipinski definition) is 1. The smallest absolute Gasteiger partial charge is 0.234 e. The van der Waals surface area contributed by atoms with Gasteiger partial charge < -0.3 is 19.2 Å². The van der Waals surface area contributed by atoms with Gasteiger partial charge in [0.2, 0.25) is 5.91 Å². The van der Waals surface area contributed by atoms with Crippen LogP contribution in [0.1, 0.15) is 30.9 Å². The summed E-state index contributed by atoms with van der Waals surface area (Å²) in [6.45, 7) is 7.60. The number of rotatable bonds is 10. The Morgan fingerprint density at radius 3 is 2.48 bits per heavy atom. The third-order valence-corrected chi connectivity index (χ3v) is 4.42. The molecular weight excluding hydrogens is 344 g/mol. The molecule has 27 heavy (non-hydrogen) atoms. The highest BCUT2D eigenvalue weighted by Gasteiger charge is 2.16. The van der Waals surface area contributed by atoms with E-state index < -0.39 is 0 Å². The van der Waals surface area contributed by atoms with Crippen molar-refractivity contribution < 1.29 is 18.7 Å². The van der Waals surface area contributed by atoms with Gasteiger partial charge in [-0.25, -0.2) is 0 Å². The predicted molar refractivity (Wildman–Crippen MR) is 105 cm³/mol. The van der Waals surface area contributed by atoms with E-state index in [0.717, 1.165) is 23.5 Å². The number of ether oxygens (including phenoxy) is 2. The average molecular weight is 374 g/mol. The Bertz CT molecular complexity index is 740. The number of methoxy groups -OCH3 is 2. The van der Waals surface area contributed by atoms with Crippen LogP contribution in [-0.2, 0) is 17.8 Å². The highest BCUT2D eigenvalue weighted by molar-refractivity contribution is 5.78. The van der Waals surface area contributed by atoms with Crippen molar-refractivity contribution in [1.82, 2.24) is 10.2 Å². The summed E-state index contributed by atoms with van der Waals surface area (Å²) >= 11 is 0. The molecule has 6 heteroatoms. The van der Waals surface area contributed by atoms with Crippen molar-refractivity contribution in [3.8, 4) is 11.5 Å². The van der Waals surface area contributed by atoms with E-state index in [1.54, 1.807) is 14.2 Å². The molecule has 1 heterocycles. The summed E-state index contributed by atoms with van der Waals surface area (Å²) in [6.07, 6.45) is 0.727. The molecule has 2 aromatic rings. The third kappa shape index (κ3) is 6.32. The Kier molecular flexibility index (Phi) is 7.73. The zero-order chi connectivity index (χ0) is 19.8. The number of carbonyl (C=O) groups is 1. The maximum atomic E-state index is 12.3. The lowest BCUT2D eigenvalue weighted by Crippen LogP contribution is -2.40. The van der Waals surface area contributed by atoms with E-state index in [-0.39, 0.29) is 11.9 Å². The largest absolute Gasteiger partial charge is 0.493 e. The van der Waals surface area contributed by atoms with Gasteiger partial charge in [0.05, 0.1) is 27.3 Å². The maximum absolute atomic E-state index is 12.3. The van der Waals surface area contributed by atoms with Crippen molar-refractivity contribution >= 4 is 5.91 Å². The normalized spacial score (nSPS) is 11.1. The number of hydrogen-bond acceptors (Lipinski definition) is 5. The first-order valence-corrected chi connectivity index (χ1v) is 9.20. The van der Waals surface area contributed by atoms with Crippen LogP contribution in [0, 0.1) is 6.92 Å². The van der Waals surface area contributed by atoms with Gasteiger partial charge in [0.1, 0.15) is 11.5 Å². The van der Waals surface area contributed by atoms with Crippen LogP contribution in [0.4, 0.5) is 0 Å². The molecule has 1 aromatic heterocycles. The van der Waals surface area contributed by atoms with Crippen LogP contribution in [0.5, 0.6) is 11.5 Å². The van der Waals surface area contributed by atoms with Crippen LogP contribution >= 0.6 is 0 Å². The van der Waals surface area contributed by atoms with Crippen molar-refractivity contribution in [2.45, 2.75) is 39.8 Å². The van der Waals surface area contributed by atoms with Crippen LogP contribution in [0.25, 0.3) is 0 Å². The fraction of sp³-hybridized carbons (Fsp3) is 0.476. The molecule has 0 saturated carbocycles. The number of carbonyl (C=O) groups excluding carboxylic acids is 1. The standard InChI is InChI=1S/C21H30N2O4/c1-15(2)23(13-18-8-6-16(3)27-18)14-21(24)22-11-10-17-7-9-19(25-4)20(12-17)26-5/h6-9,12,15H,10-11,13-14H2,1-5H3,(H,22,24). The lowest BCUT2D eigenvalue weighted by Gasteiger charge is -2.24. The second-order valence-electron chi connectivity index (χ2n) is 6.80. The lowest BCUT2D eigenvalue weighted by molar-refractivity contribution is -0.122. The molecule has 0 unspecified atom stereocenters. The molecule has 0 aliphatic rings. The Hall–Kier alpha value is -2.47. The monoisotopic (exact) mass is 374 g/mol. The quantitative estimate of drug-likeness (QED) is 0.692. The summed E-state index contributed by atoms with van der Waals surface area (Å²) in [5.74, 6) is 3.16. The first-order valence-electron chi connectivity index (χ1n) is 9.20. The summed E-state index contributed by atoms with van der Waals surface area (Å²) in [5.41, 5.74) is 1.08. The minimum Gasteiger partial charge on any atom is -0.493 e. The first kappa shape index (κ1) is 20.8. The van der Waals surface area contributed by atoms with Gasteiger partial charge in [-0.2, -0.15) is 0 Å². The zero-order valence-electron chi connectivity index (χ0n) is 16.9. The number of nitrogens with one attached hydrogen (secondary N) is 1. The molecule has 2 rings (SSSR count). The molecule has 1 amide bonds. The molecule has 0 saturated heterocycles. The molecule has 1 aromatic carbocycles. The van der Waals surface area contributed by atoms with Gasteiger partial charge in [-0.3, -0.25) is 9.69 Å². The molecule has 0 atom stereocenters. The highest BCUT2D eigenvalue weighted by Crippen LogP contribution is 2.27. The molecule has 0 aliphatic carbocycles. The highest BCUT2D eigenvalue weighted by atomic mass is 16.5. The second-order valence-corrected chi connectivity index (χ2v) is 6.80. The predicted octanol–water partition coefficient (Wildman–Crippen LogP) is 3.17. The summed E-state index contributed by atoms with van der Waals surface area (Å²) in [6, 6.07) is 9.93. The number of nitrogens with zero attached hydrogens (tertiary/aromatic N) is 1. The maximum Gasteiger partial charge on any atom is 0.234 e. The topological polar surface area (TPSA) is 63.9 Å². The zero-order valence-corrected chi connectivity index (χ0v) is 16.9. The first-order chi connectivity index (χ1) is 12.9. The lowest BCUT2D eigenvalue weighted by atomic mass is 10.1. The van der Waals surface area contributed by atoms with Gasteiger partial charge in [0.15, 0.2) is 11.5 Å². The summed E-state index contributed by atoms with van der Waals surface area (Å²) < 4.78 is 16.2. The minimum absolute atomic E-state index is 0.00690. The Morgan fingerprint density at radius 1 is 1.15 bits per heavy atom. The fourth-order valence-corrected chi connectivity index (χ4v) is 2.81. The fourth-order valence-electron chi connectivity index (χ4n) is 2.81. The second kappa shape index (κ2) is 10.0. The summed E-state index contributed by atoms with van der Waals surface area (Å²) in [5, 5.41) is 2.99. The number of furan rings is 1. The van der Waals surface area contributed by atoms with Crippen molar-refractivity contribution in [2.75, 3.05) is 27.3 Å². The molecular formula is C21H30N2O4. The van der Waals surface area contributed by atoms with Crippen molar-refractivity contribution in [2.24, 2.45) is 0 Å². The Balaban J connectivity index is 1.83. The van der Waals surface area contributed by atoms with E-state index >= 15 is 0 Å². The van der Waals surface area contributed by atoms with Crippen molar-refractivity contribution in [3.63, 3.8) is 0 Å². The summed E-state index contributed by atoms with van der Waals surface area (Å²) in [7, 11) is 3.23. The van der Waals surface area contributed by atoms with Gasteiger partial charge in [0, 0.05) is 12.6 Å². The third-order valence-electron chi connectivity index (χ3n) is 4.42. The Labute approximate surface area is 161 Å². The van der Waals surface area contributed by atoms with Crippen LogP contribution in [0.15, 0.2) is 34.7 Å². The average Bonchev–Trinajstić information content (AvgIpc) is 3.05. The van der Waals surface area contributed by atoms with Gasteiger partial charge in [-0.05, 0) is 57.0 Å². The van der Waals surface area contributed by atoms with E-state index in [9.17, 15) is 4.79 Å². The van der Waals surface area contributed by atoms with E-state index in [4.69, 9.17) is 13.9 Å². The van der Waals surface area contributed by atoms with Crippen LogP contribution in [0.3, 0.4) is 0 Å². The molecule has 0 radical (unpaired) electrons. The summed E-state index contributed by atoms with van der Waals surface area (Å²) in [4.78, 5) is 14.4. The molecule has 1 N–H and O–H groups in total. The van der Waals surface area contributed by atoms with Crippen LogP contribution in [0.2, 0.25) is 0 Å². The SMILES string of the molecule is COc1ccc(CCNC(=O)CN(Cc2ccc(C)o2)C(C)C)cc1OC. The molecule has 0 spiro atoms.